The summed E-state index contributed by atoms with van der Waals surface area (Å²) in [5, 5.41) is 11.0. The summed E-state index contributed by atoms with van der Waals surface area (Å²) >= 11 is 11.7. The first-order valence-corrected chi connectivity index (χ1v) is 5.72. The number of rotatable bonds is 2. The number of hydrogen-bond donors (Lipinski definition) is 1. The average Bonchev–Trinajstić information content (AvgIpc) is 2.32. The molecule has 1 atom stereocenters. The summed E-state index contributed by atoms with van der Waals surface area (Å²) in [4.78, 5) is 0. The Labute approximate surface area is 108 Å². The zero-order valence-electron chi connectivity index (χ0n) is 8.70. The Hall–Kier alpha value is -1.09. The van der Waals surface area contributed by atoms with Gasteiger partial charge in [-0.2, -0.15) is 0 Å². The lowest BCUT2D eigenvalue weighted by Crippen LogP contribution is -2.00. The van der Waals surface area contributed by atoms with Crippen molar-refractivity contribution in [1.82, 2.24) is 0 Å². The quantitative estimate of drug-likeness (QED) is 0.867. The summed E-state index contributed by atoms with van der Waals surface area (Å²) in [5.41, 5.74) is 0.955. The molecule has 88 valence electrons. The summed E-state index contributed by atoms with van der Waals surface area (Å²) in [6, 6.07) is 10.6. The van der Waals surface area contributed by atoms with Crippen molar-refractivity contribution in [2.75, 3.05) is 0 Å². The van der Waals surface area contributed by atoms with Gasteiger partial charge in [0.05, 0.1) is 0 Å². The Balaban J connectivity index is 2.39. The Kier molecular flexibility index (Phi) is 3.67. The smallest absolute Gasteiger partial charge is 0.123 e. The summed E-state index contributed by atoms with van der Waals surface area (Å²) < 4.78 is 13.1. The molecule has 0 saturated carbocycles. The summed E-state index contributed by atoms with van der Waals surface area (Å²) in [6.07, 6.45) is -0.963. The SMILES string of the molecule is OC(c1ccc(Cl)cc1)c1cc(F)ccc1Cl. The van der Waals surface area contributed by atoms with Gasteiger partial charge in [-0.3, -0.25) is 0 Å². The van der Waals surface area contributed by atoms with Gasteiger partial charge in [0, 0.05) is 15.6 Å². The second kappa shape index (κ2) is 5.05. The van der Waals surface area contributed by atoms with E-state index in [2.05, 4.69) is 0 Å². The van der Waals surface area contributed by atoms with Crippen molar-refractivity contribution < 1.29 is 9.50 Å². The Morgan fingerprint density at radius 2 is 1.65 bits per heavy atom. The van der Waals surface area contributed by atoms with Crippen molar-refractivity contribution in [3.05, 3.63) is 69.5 Å². The third kappa shape index (κ3) is 2.78. The summed E-state index contributed by atoms with van der Waals surface area (Å²) in [6.45, 7) is 0. The fourth-order valence-electron chi connectivity index (χ4n) is 1.55. The molecule has 0 aliphatic rings. The Bertz CT molecular complexity index is 525. The zero-order valence-corrected chi connectivity index (χ0v) is 10.2. The first kappa shape index (κ1) is 12.4. The van der Waals surface area contributed by atoms with Gasteiger partial charge in [0.1, 0.15) is 11.9 Å². The third-order valence-corrected chi connectivity index (χ3v) is 3.03. The lowest BCUT2D eigenvalue weighted by Gasteiger charge is -2.13. The fourth-order valence-corrected chi connectivity index (χ4v) is 1.90. The molecular formula is C13H9Cl2FO. The normalized spacial score (nSPS) is 12.5. The average molecular weight is 271 g/mol. The third-order valence-electron chi connectivity index (χ3n) is 2.44. The minimum Gasteiger partial charge on any atom is -0.384 e. The van der Waals surface area contributed by atoms with Gasteiger partial charge < -0.3 is 5.11 Å². The minimum atomic E-state index is -0.963. The molecule has 0 bridgehead atoms. The monoisotopic (exact) mass is 270 g/mol. The molecule has 0 aromatic heterocycles. The van der Waals surface area contributed by atoms with Gasteiger partial charge in [0.15, 0.2) is 0 Å². The molecule has 1 unspecified atom stereocenters. The van der Waals surface area contributed by atoms with Crippen LogP contribution < -0.4 is 0 Å². The minimum absolute atomic E-state index is 0.328. The van der Waals surface area contributed by atoms with Crippen molar-refractivity contribution in [2.45, 2.75) is 6.10 Å². The number of aliphatic hydroxyl groups is 1. The Morgan fingerprint density at radius 1 is 1.00 bits per heavy atom. The topological polar surface area (TPSA) is 20.2 Å². The maximum Gasteiger partial charge on any atom is 0.123 e. The molecule has 0 aliphatic carbocycles. The van der Waals surface area contributed by atoms with Crippen molar-refractivity contribution in [3.63, 3.8) is 0 Å². The largest absolute Gasteiger partial charge is 0.384 e. The molecule has 17 heavy (non-hydrogen) atoms. The highest BCUT2D eigenvalue weighted by molar-refractivity contribution is 6.31. The van der Waals surface area contributed by atoms with Crippen LogP contribution in [0, 0.1) is 5.82 Å². The summed E-state index contributed by atoms with van der Waals surface area (Å²) in [5.74, 6) is -0.433. The lowest BCUT2D eigenvalue weighted by molar-refractivity contribution is 0.220. The van der Waals surface area contributed by atoms with Gasteiger partial charge in [-0.25, -0.2) is 4.39 Å². The van der Waals surface area contributed by atoms with Gasteiger partial charge in [0.2, 0.25) is 0 Å². The van der Waals surface area contributed by atoms with Crippen LogP contribution in [-0.2, 0) is 0 Å². The lowest BCUT2D eigenvalue weighted by atomic mass is 10.0. The van der Waals surface area contributed by atoms with Gasteiger partial charge in [0.25, 0.3) is 0 Å². The van der Waals surface area contributed by atoms with E-state index in [-0.39, 0.29) is 0 Å². The second-order valence-electron chi connectivity index (χ2n) is 3.62. The molecule has 0 fully saturated rings. The molecule has 2 rings (SSSR count). The van der Waals surface area contributed by atoms with E-state index in [1.165, 1.54) is 18.2 Å². The van der Waals surface area contributed by atoms with Gasteiger partial charge in [-0.05, 0) is 35.9 Å². The van der Waals surface area contributed by atoms with Crippen LogP contribution in [0.25, 0.3) is 0 Å². The molecule has 0 heterocycles. The maximum absolute atomic E-state index is 13.1. The van der Waals surface area contributed by atoms with Crippen LogP contribution in [0.4, 0.5) is 4.39 Å². The van der Waals surface area contributed by atoms with Crippen molar-refractivity contribution in [3.8, 4) is 0 Å². The van der Waals surface area contributed by atoms with E-state index in [4.69, 9.17) is 23.2 Å². The number of benzene rings is 2. The van der Waals surface area contributed by atoms with E-state index in [0.29, 0.717) is 21.2 Å². The van der Waals surface area contributed by atoms with E-state index in [1.54, 1.807) is 24.3 Å². The van der Waals surface area contributed by atoms with Crippen LogP contribution >= 0.6 is 23.2 Å². The first-order valence-electron chi connectivity index (χ1n) is 4.96. The van der Waals surface area contributed by atoms with E-state index < -0.39 is 11.9 Å². The molecule has 0 saturated heterocycles. The molecule has 2 aromatic carbocycles. The Morgan fingerprint density at radius 3 is 2.29 bits per heavy atom. The maximum atomic E-state index is 13.1. The number of aliphatic hydroxyl groups excluding tert-OH is 1. The summed E-state index contributed by atoms with van der Waals surface area (Å²) in [7, 11) is 0. The van der Waals surface area contributed by atoms with Crippen LogP contribution in [0.2, 0.25) is 10.0 Å². The van der Waals surface area contributed by atoms with Gasteiger partial charge in [-0.1, -0.05) is 35.3 Å². The van der Waals surface area contributed by atoms with Gasteiger partial charge >= 0.3 is 0 Å². The predicted octanol–water partition coefficient (Wildman–Crippen LogP) is 4.21. The van der Waals surface area contributed by atoms with Crippen molar-refractivity contribution in [1.29, 1.82) is 0 Å². The number of hydrogen-bond acceptors (Lipinski definition) is 1. The zero-order chi connectivity index (χ0) is 12.4. The van der Waals surface area contributed by atoms with Gasteiger partial charge in [-0.15, -0.1) is 0 Å². The molecule has 0 amide bonds. The highest BCUT2D eigenvalue weighted by Crippen LogP contribution is 2.29. The molecule has 0 aliphatic heterocycles. The number of halogens is 3. The highest BCUT2D eigenvalue weighted by atomic mass is 35.5. The van der Waals surface area contributed by atoms with Crippen LogP contribution in [0.3, 0.4) is 0 Å². The van der Waals surface area contributed by atoms with Crippen molar-refractivity contribution >= 4 is 23.2 Å². The molecule has 4 heteroatoms. The van der Waals surface area contributed by atoms with Crippen molar-refractivity contribution in [2.24, 2.45) is 0 Å². The highest BCUT2D eigenvalue weighted by Gasteiger charge is 2.14. The van der Waals surface area contributed by atoms with Crippen LogP contribution in [0.15, 0.2) is 42.5 Å². The van der Waals surface area contributed by atoms with Crippen LogP contribution in [0.5, 0.6) is 0 Å². The van der Waals surface area contributed by atoms with E-state index in [1.807, 2.05) is 0 Å². The van der Waals surface area contributed by atoms with E-state index in [9.17, 15) is 9.50 Å². The fraction of sp³-hybridized carbons (Fsp3) is 0.0769. The van der Waals surface area contributed by atoms with Crippen LogP contribution in [0.1, 0.15) is 17.2 Å². The van der Waals surface area contributed by atoms with Crippen LogP contribution in [-0.4, -0.2) is 5.11 Å². The predicted molar refractivity (Wildman–Crippen MR) is 66.9 cm³/mol. The molecule has 0 radical (unpaired) electrons. The standard InChI is InChI=1S/C13H9Cl2FO/c14-9-3-1-8(2-4-9)13(17)11-7-10(16)5-6-12(11)15/h1-7,13,17H. The molecule has 0 spiro atoms. The first-order chi connectivity index (χ1) is 8.08. The van der Waals surface area contributed by atoms with E-state index >= 15 is 0 Å². The molecule has 1 N–H and O–H groups in total. The molecule has 2 aromatic rings. The molecule has 1 nitrogen and oxygen atoms in total. The molecular weight excluding hydrogens is 262 g/mol. The van der Waals surface area contributed by atoms with E-state index in [0.717, 1.165) is 0 Å². The second-order valence-corrected chi connectivity index (χ2v) is 4.46.